The van der Waals surface area contributed by atoms with Crippen LogP contribution in [-0.2, 0) is 10.0 Å². The number of ketones is 2. The summed E-state index contributed by atoms with van der Waals surface area (Å²) in [6.45, 7) is 0. The molecule has 0 atom stereocenters. The lowest BCUT2D eigenvalue weighted by molar-refractivity contribution is 0.0988. The molecular weight excluding hydrogens is 402 g/mol. The molecule has 0 fully saturated rings. The molecule has 6 nitrogen and oxygen atoms in total. The summed E-state index contributed by atoms with van der Waals surface area (Å²) in [5.41, 5.74) is 0.462. The molecule has 3 aromatic carbocycles. The fraction of sp³-hybridized carbons (Fsp3) is 0.0435. The van der Waals surface area contributed by atoms with Crippen LogP contribution in [0.5, 0.6) is 5.75 Å². The molecule has 0 aromatic heterocycles. The number of sulfonamides is 1. The molecule has 0 aliphatic heterocycles. The van der Waals surface area contributed by atoms with Gasteiger partial charge in [0.25, 0.3) is 10.0 Å². The number of nitrogens with one attached hydrogen (secondary N) is 1. The molecule has 0 saturated heterocycles. The van der Waals surface area contributed by atoms with Gasteiger partial charge in [-0.15, -0.1) is 0 Å². The molecule has 7 heteroatoms. The lowest BCUT2D eigenvalue weighted by atomic mass is 9.84. The molecule has 0 unspecified atom stereocenters. The van der Waals surface area contributed by atoms with E-state index in [1.165, 1.54) is 25.3 Å². The molecular formula is C23H17NO5S. The highest BCUT2D eigenvalue weighted by Crippen LogP contribution is 2.33. The molecule has 4 rings (SSSR count). The first-order valence-electron chi connectivity index (χ1n) is 9.07. The fourth-order valence-electron chi connectivity index (χ4n) is 3.32. The number of fused-ring (bicyclic) bond motifs is 1. The highest BCUT2D eigenvalue weighted by atomic mass is 32.2. The van der Waals surface area contributed by atoms with E-state index >= 15 is 0 Å². The van der Waals surface area contributed by atoms with E-state index in [1.807, 2.05) is 0 Å². The third kappa shape index (κ3) is 3.40. The van der Waals surface area contributed by atoms with E-state index in [0.29, 0.717) is 11.3 Å². The first-order chi connectivity index (χ1) is 14.4. The van der Waals surface area contributed by atoms with Crippen LogP contribution in [-0.4, -0.2) is 27.1 Å². The zero-order valence-corrected chi connectivity index (χ0v) is 16.8. The molecule has 0 saturated carbocycles. The van der Waals surface area contributed by atoms with E-state index < -0.39 is 21.6 Å². The van der Waals surface area contributed by atoms with Crippen molar-refractivity contribution in [2.45, 2.75) is 4.90 Å². The number of benzene rings is 3. The summed E-state index contributed by atoms with van der Waals surface area (Å²) < 4.78 is 33.4. The fourth-order valence-corrected chi connectivity index (χ4v) is 4.42. The monoisotopic (exact) mass is 419 g/mol. The molecule has 3 aromatic rings. The van der Waals surface area contributed by atoms with Gasteiger partial charge in [0, 0.05) is 11.1 Å². The minimum Gasteiger partial charge on any atom is -0.497 e. The van der Waals surface area contributed by atoms with E-state index in [0.717, 1.165) is 0 Å². The summed E-state index contributed by atoms with van der Waals surface area (Å²) in [5.74, 6) is -0.531. The number of hydrogen-bond donors (Lipinski definition) is 1. The normalized spacial score (nSPS) is 13.8. The van der Waals surface area contributed by atoms with Crippen molar-refractivity contribution in [2.24, 2.45) is 0 Å². The Balaban J connectivity index is 1.93. The number of ether oxygens (including phenoxy) is 1. The van der Waals surface area contributed by atoms with Crippen LogP contribution in [0, 0.1) is 0 Å². The van der Waals surface area contributed by atoms with Crippen LogP contribution in [0.1, 0.15) is 26.3 Å². The second-order valence-electron chi connectivity index (χ2n) is 6.60. The van der Waals surface area contributed by atoms with Gasteiger partial charge in [-0.1, -0.05) is 54.6 Å². The molecule has 0 radical (unpaired) electrons. The maximum Gasteiger partial charge on any atom is 0.262 e. The highest BCUT2D eigenvalue weighted by molar-refractivity contribution is 7.89. The number of rotatable bonds is 5. The SMILES string of the molecule is COc1cccc(C2=C(NS(=O)(=O)c3ccccc3)C(=O)c3ccccc3C2=O)c1. The van der Waals surface area contributed by atoms with Crippen molar-refractivity contribution >= 4 is 27.2 Å². The van der Waals surface area contributed by atoms with Gasteiger partial charge in [-0.05, 0) is 29.8 Å². The Kier molecular flexibility index (Phi) is 4.97. The third-order valence-corrected chi connectivity index (χ3v) is 6.13. The average Bonchev–Trinajstić information content (AvgIpc) is 2.78. The summed E-state index contributed by atoms with van der Waals surface area (Å²) in [7, 11) is -2.61. The number of methoxy groups -OCH3 is 1. The van der Waals surface area contributed by atoms with Gasteiger partial charge < -0.3 is 4.74 Å². The standard InChI is InChI=1S/C23H17NO5S/c1-29-16-9-7-8-15(14-16)20-21(24-30(27,28)17-10-3-2-4-11-17)23(26)19-13-6-5-12-18(19)22(20)25/h2-14,24H,1H3. The van der Waals surface area contributed by atoms with E-state index in [1.54, 1.807) is 60.7 Å². The topological polar surface area (TPSA) is 89.5 Å². The maximum absolute atomic E-state index is 13.3. The van der Waals surface area contributed by atoms with Gasteiger partial charge in [-0.3, -0.25) is 14.3 Å². The Morgan fingerprint density at radius 3 is 2.07 bits per heavy atom. The maximum atomic E-state index is 13.3. The van der Waals surface area contributed by atoms with Gasteiger partial charge >= 0.3 is 0 Å². The molecule has 1 N–H and O–H groups in total. The Bertz CT molecular complexity index is 1290. The number of Topliss-reactive ketones (excluding diaryl/α,β-unsaturated/α-hetero) is 2. The van der Waals surface area contributed by atoms with Crippen LogP contribution in [0.2, 0.25) is 0 Å². The largest absolute Gasteiger partial charge is 0.497 e. The predicted molar refractivity (Wildman–Crippen MR) is 112 cm³/mol. The number of allylic oxidation sites excluding steroid dienone is 2. The van der Waals surface area contributed by atoms with Crippen molar-refractivity contribution in [1.29, 1.82) is 0 Å². The summed E-state index contributed by atoms with van der Waals surface area (Å²) >= 11 is 0. The molecule has 30 heavy (non-hydrogen) atoms. The van der Waals surface area contributed by atoms with Gasteiger partial charge in [-0.25, -0.2) is 8.42 Å². The van der Waals surface area contributed by atoms with Crippen LogP contribution in [0.3, 0.4) is 0 Å². The molecule has 0 bridgehead atoms. The van der Waals surface area contributed by atoms with Crippen LogP contribution >= 0.6 is 0 Å². The summed E-state index contributed by atoms with van der Waals surface area (Å²) in [6.07, 6.45) is 0. The number of hydrogen-bond acceptors (Lipinski definition) is 5. The zero-order chi connectivity index (χ0) is 21.3. The molecule has 1 aliphatic rings. The van der Waals surface area contributed by atoms with Crippen molar-refractivity contribution in [3.8, 4) is 5.75 Å². The second-order valence-corrected chi connectivity index (χ2v) is 8.29. The Labute approximate surface area is 173 Å². The Hall–Kier alpha value is -3.71. The molecule has 1 aliphatic carbocycles. The van der Waals surface area contributed by atoms with E-state index in [-0.39, 0.29) is 27.3 Å². The van der Waals surface area contributed by atoms with Crippen LogP contribution in [0.4, 0.5) is 0 Å². The van der Waals surface area contributed by atoms with Crippen molar-refractivity contribution < 1.29 is 22.7 Å². The van der Waals surface area contributed by atoms with E-state index in [2.05, 4.69) is 4.72 Å². The van der Waals surface area contributed by atoms with E-state index in [9.17, 15) is 18.0 Å². The lowest BCUT2D eigenvalue weighted by Crippen LogP contribution is -2.33. The third-order valence-electron chi connectivity index (χ3n) is 4.77. The van der Waals surface area contributed by atoms with Gasteiger partial charge in [0.15, 0.2) is 5.78 Å². The summed E-state index contributed by atoms with van der Waals surface area (Å²) in [5, 5.41) is 0. The quantitative estimate of drug-likeness (QED) is 0.684. The minimum absolute atomic E-state index is 0.0124. The summed E-state index contributed by atoms with van der Waals surface area (Å²) in [6, 6.07) is 20.6. The van der Waals surface area contributed by atoms with Gasteiger partial charge in [0.1, 0.15) is 11.4 Å². The molecule has 0 heterocycles. The number of carbonyl (C=O) groups excluding carboxylic acids is 2. The lowest BCUT2D eigenvalue weighted by Gasteiger charge is -2.22. The van der Waals surface area contributed by atoms with Crippen molar-refractivity contribution in [2.75, 3.05) is 7.11 Å². The molecule has 0 amide bonds. The smallest absolute Gasteiger partial charge is 0.262 e. The van der Waals surface area contributed by atoms with Gasteiger partial charge in [-0.2, -0.15) is 0 Å². The molecule has 0 spiro atoms. The average molecular weight is 419 g/mol. The van der Waals surface area contributed by atoms with Crippen molar-refractivity contribution in [3.05, 3.63) is 101 Å². The zero-order valence-electron chi connectivity index (χ0n) is 16.0. The second kappa shape index (κ2) is 7.61. The molecule has 150 valence electrons. The predicted octanol–water partition coefficient (Wildman–Crippen LogP) is 3.46. The van der Waals surface area contributed by atoms with Crippen LogP contribution in [0.25, 0.3) is 5.57 Å². The van der Waals surface area contributed by atoms with Crippen LogP contribution < -0.4 is 9.46 Å². The van der Waals surface area contributed by atoms with Crippen molar-refractivity contribution in [3.63, 3.8) is 0 Å². The van der Waals surface area contributed by atoms with Crippen LogP contribution in [0.15, 0.2) is 89.5 Å². The number of carbonyl (C=O) groups is 2. The Morgan fingerprint density at radius 1 is 0.767 bits per heavy atom. The van der Waals surface area contributed by atoms with Gasteiger partial charge in [0.2, 0.25) is 5.78 Å². The first kappa shape index (κ1) is 19.6. The van der Waals surface area contributed by atoms with E-state index in [4.69, 9.17) is 4.74 Å². The summed E-state index contributed by atoms with van der Waals surface area (Å²) in [4.78, 5) is 26.5. The van der Waals surface area contributed by atoms with Gasteiger partial charge in [0.05, 0.1) is 17.6 Å². The Morgan fingerprint density at radius 2 is 1.40 bits per heavy atom. The van der Waals surface area contributed by atoms with Crippen molar-refractivity contribution in [1.82, 2.24) is 4.72 Å². The minimum atomic E-state index is -4.09. The highest BCUT2D eigenvalue weighted by Gasteiger charge is 2.35. The first-order valence-corrected chi connectivity index (χ1v) is 10.6.